The third-order valence-corrected chi connectivity index (χ3v) is 5.01. The minimum absolute atomic E-state index is 0.0635. The van der Waals surface area contributed by atoms with Gasteiger partial charge in [-0.2, -0.15) is 0 Å². The summed E-state index contributed by atoms with van der Waals surface area (Å²) in [6, 6.07) is 0. The SMILES string of the molecule is Cc1nc(-c2sc(Cl)c3c2OCCO3)c(CC(=O)O)s1. The van der Waals surface area contributed by atoms with Crippen molar-refractivity contribution in [1.29, 1.82) is 0 Å². The molecule has 3 heterocycles. The molecule has 0 saturated heterocycles. The van der Waals surface area contributed by atoms with Crippen molar-refractivity contribution in [3.05, 3.63) is 14.2 Å². The van der Waals surface area contributed by atoms with Gasteiger partial charge in [0.05, 0.1) is 17.1 Å². The molecule has 5 nitrogen and oxygen atoms in total. The topological polar surface area (TPSA) is 68.7 Å². The third kappa shape index (κ3) is 2.36. The number of ether oxygens (including phenoxy) is 2. The van der Waals surface area contributed by atoms with Gasteiger partial charge in [-0.15, -0.1) is 22.7 Å². The lowest BCUT2D eigenvalue weighted by Crippen LogP contribution is -2.14. The summed E-state index contributed by atoms with van der Waals surface area (Å²) in [5, 5.41) is 9.80. The molecule has 0 aliphatic carbocycles. The largest absolute Gasteiger partial charge is 0.484 e. The molecule has 0 fully saturated rings. The van der Waals surface area contributed by atoms with Crippen molar-refractivity contribution in [2.24, 2.45) is 0 Å². The predicted octanol–water partition coefficient (Wildman–Crippen LogP) is 3.23. The zero-order chi connectivity index (χ0) is 14.3. The van der Waals surface area contributed by atoms with Crippen molar-refractivity contribution in [3.8, 4) is 22.1 Å². The first-order chi connectivity index (χ1) is 9.56. The van der Waals surface area contributed by atoms with E-state index in [2.05, 4.69) is 4.98 Å². The number of thiazole rings is 1. The van der Waals surface area contributed by atoms with Crippen LogP contribution in [-0.4, -0.2) is 29.3 Å². The van der Waals surface area contributed by atoms with Crippen LogP contribution in [0, 0.1) is 6.92 Å². The van der Waals surface area contributed by atoms with Gasteiger partial charge in [0.2, 0.25) is 0 Å². The number of hydrogen-bond acceptors (Lipinski definition) is 6. The number of nitrogens with zero attached hydrogens (tertiary/aromatic N) is 1. The van der Waals surface area contributed by atoms with Crippen molar-refractivity contribution in [2.75, 3.05) is 13.2 Å². The quantitative estimate of drug-likeness (QED) is 0.935. The highest BCUT2D eigenvalue weighted by atomic mass is 35.5. The number of carboxylic acids is 1. The van der Waals surface area contributed by atoms with E-state index in [1.807, 2.05) is 6.92 Å². The van der Waals surface area contributed by atoms with Gasteiger partial charge in [0.15, 0.2) is 11.5 Å². The molecule has 3 rings (SSSR count). The summed E-state index contributed by atoms with van der Waals surface area (Å²) in [5.74, 6) is 0.219. The Morgan fingerprint density at radius 2 is 2.05 bits per heavy atom. The Labute approximate surface area is 127 Å². The lowest BCUT2D eigenvalue weighted by atomic mass is 10.2. The van der Waals surface area contributed by atoms with E-state index in [9.17, 15) is 4.79 Å². The first kappa shape index (κ1) is 13.7. The number of aliphatic carboxylic acids is 1. The molecule has 0 aromatic carbocycles. The molecule has 2 aromatic rings. The van der Waals surface area contributed by atoms with Crippen LogP contribution in [0.5, 0.6) is 11.5 Å². The van der Waals surface area contributed by atoms with Crippen LogP contribution in [0.2, 0.25) is 4.34 Å². The second-order valence-corrected chi connectivity index (χ2v) is 7.05. The Bertz CT molecular complexity index is 679. The second-order valence-electron chi connectivity index (χ2n) is 4.14. The van der Waals surface area contributed by atoms with Crippen LogP contribution in [0.3, 0.4) is 0 Å². The Hall–Kier alpha value is -1.31. The summed E-state index contributed by atoms with van der Waals surface area (Å²) >= 11 is 8.83. The van der Waals surface area contributed by atoms with Crippen LogP contribution in [-0.2, 0) is 11.2 Å². The van der Waals surface area contributed by atoms with Gasteiger partial charge in [-0.25, -0.2) is 4.98 Å². The molecule has 106 valence electrons. The van der Waals surface area contributed by atoms with Crippen molar-refractivity contribution in [2.45, 2.75) is 13.3 Å². The van der Waals surface area contributed by atoms with Crippen LogP contribution in [0.15, 0.2) is 0 Å². The van der Waals surface area contributed by atoms with Gasteiger partial charge < -0.3 is 14.6 Å². The second kappa shape index (κ2) is 5.23. The van der Waals surface area contributed by atoms with Gasteiger partial charge >= 0.3 is 5.97 Å². The first-order valence-corrected chi connectivity index (χ1v) is 7.83. The third-order valence-electron chi connectivity index (χ3n) is 2.69. The van der Waals surface area contributed by atoms with E-state index in [0.717, 1.165) is 9.88 Å². The fraction of sp³-hybridized carbons (Fsp3) is 0.333. The summed E-state index contributed by atoms with van der Waals surface area (Å²) in [5.41, 5.74) is 0.633. The molecule has 0 spiro atoms. The van der Waals surface area contributed by atoms with E-state index in [1.54, 1.807) is 0 Å². The molecule has 1 N–H and O–H groups in total. The van der Waals surface area contributed by atoms with Gasteiger partial charge in [-0.05, 0) is 6.92 Å². The highest BCUT2D eigenvalue weighted by Gasteiger charge is 2.28. The van der Waals surface area contributed by atoms with Gasteiger partial charge in [0, 0.05) is 4.88 Å². The zero-order valence-corrected chi connectivity index (χ0v) is 12.8. The molecule has 2 aromatic heterocycles. The van der Waals surface area contributed by atoms with Crippen LogP contribution in [0.25, 0.3) is 10.6 Å². The Morgan fingerprint density at radius 1 is 1.35 bits per heavy atom. The normalized spacial score (nSPS) is 13.5. The van der Waals surface area contributed by atoms with Crippen molar-refractivity contribution >= 4 is 40.2 Å². The Kier molecular flexibility index (Phi) is 3.57. The van der Waals surface area contributed by atoms with E-state index in [4.69, 9.17) is 26.2 Å². The van der Waals surface area contributed by atoms with E-state index >= 15 is 0 Å². The standard InChI is InChI=1S/C12H10ClNO4S2/c1-5-14-8(6(19-5)4-7(15)16)11-9-10(12(13)20-11)18-3-2-17-9/h2-4H2,1H3,(H,15,16). The van der Waals surface area contributed by atoms with E-state index in [1.165, 1.54) is 22.7 Å². The summed E-state index contributed by atoms with van der Waals surface area (Å²) in [6.45, 7) is 2.75. The lowest BCUT2D eigenvalue weighted by molar-refractivity contribution is -0.136. The molecular weight excluding hydrogens is 322 g/mol. The molecule has 20 heavy (non-hydrogen) atoms. The highest BCUT2D eigenvalue weighted by molar-refractivity contribution is 7.20. The van der Waals surface area contributed by atoms with Gasteiger partial charge in [-0.1, -0.05) is 11.6 Å². The number of carboxylic acid groups (broad SMARTS) is 1. The summed E-state index contributed by atoms with van der Waals surface area (Å²) in [6.07, 6.45) is -0.0635. The molecule has 0 saturated carbocycles. The number of thiophene rings is 1. The summed E-state index contributed by atoms with van der Waals surface area (Å²) in [7, 11) is 0. The first-order valence-electron chi connectivity index (χ1n) is 5.82. The van der Waals surface area contributed by atoms with E-state index in [-0.39, 0.29) is 6.42 Å². The maximum absolute atomic E-state index is 11.0. The number of aryl methyl sites for hydroxylation is 1. The van der Waals surface area contributed by atoms with E-state index in [0.29, 0.717) is 39.6 Å². The molecule has 0 bridgehead atoms. The van der Waals surface area contributed by atoms with Gasteiger partial charge in [-0.3, -0.25) is 4.79 Å². The predicted molar refractivity (Wildman–Crippen MR) is 77.5 cm³/mol. The minimum atomic E-state index is -0.886. The number of fused-ring (bicyclic) bond motifs is 1. The number of carbonyl (C=O) groups is 1. The van der Waals surface area contributed by atoms with Crippen LogP contribution in [0.1, 0.15) is 9.88 Å². The molecule has 0 unspecified atom stereocenters. The van der Waals surface area contributed by atoms with Gasteiger partial charge in [0.1, 0.15) is 22.4 Å². The Morgan fingerprint density at radius 3 is 2.75 bits per heavy atom. The molecule has 0 amide bonds. The van der Waals surface area contributed by atoms with Crippen molar-refractivity contribution in [1.82, 2.24) is 4.98 Å². The minimum Gasteiger partial charge on any atom is -0.484 e. The molecule has 1 aliphatic rings. The number of aromatic nitrogens is 1. The van der Waals surface area contributed by atoms with E-state index < -0.39 is 5.97 Å². The maximum Gasteiger partial charge on any atom is 0.308 e. The van der Waals surface area contributed by atoms with Crippen LogP contribution < -0.4 is 9.47 Å². The van der Waals surface area contributed by atoms with Crippen LogP contribution >= 0.6 is 34.3 Å². The molecule has 8 heteroatoms. The molecule has 0 radical (unpaired) electrons. The maximum atomic E-state index is 11.0. The average molecular weight is 332 g/mol. The highest BCUT2D eigenvalue weighted by Crippen LogP contribution is 2.52. The monoisotopic (exact) mass is 331 g/mol. The summed E-state index contributed by atoms with van der Waals surface area (Å²) in [4.78, 5) is 16.8. The fourth-order valence-electron chi connectivity index (χ4n) is 1.98. The molecule has 0 atom stereocenters. The number of halogens is 1. The smallest absolute Gasteiger partial charge is 0.308 e. The van der Waals surface area contributed by atoms with Gasteiger partial charge in [0.25, 0.3) is 0 Å². The zero-order valence-electron chi connectivity index (χ0n) is 10.4. The lowest BCUT2D eigenvalue weighted by Gasteiger charge is -2.16. The number of hydrogen-bond donors (Lipinski definition) is 1. The fourth-order valence-corrected chi connectivity index (χ4v) is 4.28. The number of rotatable bonds is 3. The summed E-state index contributed by atoms with van der Waals surface area (Å²) < 4.78 is 11.6. The molecule has 1 aliphatic heterocycles. The molecular formula is C12H10ClNO4S2. The van der Waals surface area contributed by atoms with Crippen molar-refractivity contribution in [3.63, 3.8) is 0 Å². The van der Waals surface area contributed by atoms with Crippen molar-refractivity contribution < 1.29 is 19.4 Å². The average Bonchev–Trinajstić information content (AvgIpc) is 2.90. The van der Waals surface area contributed by atoms with Crippen LogP contribution in [0.4, 0.5) is 0 Å². The Balaban J connectivity index is 2.11.